The lowest BCUT2D eigenvalue weighted by molar-refractivity contribution is 0.489. The van der Waals surface area contributed by atoms with E-state index in [-0.39, 0.29) is 0 Å². The highest BCUT2D eigenvalue weighted by atomic mass is 14.9. The summed E-state index contributed by atoms with van der Waals surface area (Å²) in [5.41, 5.74) is 4.93. The van der Waals surface area contributed by atoms with Gasteiger partial charge < -0.3 is 5.32 Å². The second-order valence-corrected chi connectivity index (χ2v) is 5.46. The van der Waals surface area contributed by atoms with Crippen LogP contribution in [0.4, 0.5) is 0 Å². The van der Waals surface area contributed by atoms with E-state index in [0.29, 0.717) is 17.5 Å². The van der Waals surface area contributed by atoms with E-state index in [1.165, 1.54) is 23.1 Å². The molecule has 1 aliphatic carbocycles. The fraction of sp³-hybridized carbons (Fsp3) is 0.278. The van der Waals surface area contributed by atoms with Crippen molar-refractivity contribution in [1.29, 1.82) is 5.26 Å². The van der Waals surface area contributed by atoms with Crippen LogP contribution in [-0.4, -0.2) is 6.54 Å². The number of rotatable bonds is 4. The summed E-state index contributed by atoms with van der Waals surface area (Å²) < 4.78 is 0. The van der Waals surface area contributed by atoms with Crippen LogP contribution in [0.2, 0.25) is 0 Å². The van der Waals surface area contributed by atoms with Gasteiger partial charge in [0.25, 0.3) is 0 Å². The zero-order valence-electron chi connectivity index (χ0n) is 11.6. The Balaban J connectivity index is 1.58. The lowest BCUT2D eigenvalue weighted by Crippen LogP contribution is -2.30. The summed E-state index contributed by atoms with van der Waals surface area (Å²) in [6.45, 7) is 3.18. The molecule has 2 aromatic carbocycles. The highest BCUT2D eigenvalue weighted by molar-refractivity contribution is 5.40. The maximum Gasteiger partial charge on any atom is 0.0991 e. The average molecular weight is 262 g/mol. The molecule has 20 heavy (non-hydrogen) atoms. The Morgan fingerprint density at radius 1 is 1.20 bits per heavy atom. The SMILES string of the molecule is CC(NCC1Cc2ccccc21)c1ccc(C#N)cc1. The van der Waals surface area contributed by atoms with Gasteiger partial charge in [-0.2, -0.15) is 5.26 Å². The molecule has 2 aromatic rings. The van der Waals surface area contributed by atoms with Crippen molar-refractivity contribution < 1.29 is 0 Å². The molecular weight excluding hydrogens is 244 g/mol. The molecule has 0 fully saturated rings. The Morgan fingerprint density at radius 2 is 1.95 bits per heavy atom. The van der Waals surface area contributed by atoms with Gasteiger partial charge in [-0.05, 0) is 42.2 Å². The summed E-state index contributed by atoms with van der Waals surface area (Å²) in [5, 5.41) is 12.4. The molecule has 0 spiro atoms. The van der Waals surface area contributed by atoms with Gasteiger partial charge in [-0.25, -0.2) is 0 Å². The van der Waals surface area contributed by atoms with Crippen molar-refractivity contribution in [2.75, 3.05) is 6.54 Å². The fourth-order valence-electron chi connectivity index (χ4n) is 2.83. The minimum atomic E-state index is 0.315. The zero-order chi connectivity index (χ0) is 13.9. The normalized spacial score (nSPS) is 17.7. The van der Waals surface area contributed by atoms with Crippen LogP contribution in [0.15, 0.2) is 48.5 Å². The summed E-state index contributed by atoms with van der Waals surface area (Å²) in [6.07, 6.45) is 1.18. The van der Waals surface area contributed by atoms with E-state index < -0.39 is 0 Å². The van der Waals surface area contributed by atoms with Crippen LogP contribution in [-0.2, 0) is 6.42 Å². The molecule has 0 aliphatic heterocycles. The van der Waals surface area contributed by atoms with Crippen molar-refractivity contribution in [2.24, 2.45) is 0 Å². The number of hydrogen-bond acceptors (Lipinski definition) is 2. The van der Waals surface area contributed by atoms with Gasteiger partial charge >= 0.3 is 0 Å². The minimum absolute atomic E-state index is 0.315. The Hall–Kier alpha value is -2.11. The first kappa shape index (κ1) is 12.9. The van der Waals surface area contributed by atoms with Crippen molar-refractivity contribution in [2.45, 2.75) is 25.3 Å². The van der Waals surface area contributed by atoms with Gasteiger partial charge in [0.1, 0.15) is 0 Å². The van der Waals surface area contributed by atoms with Crippen LogP contribution in [0.3, 0.4) is 0 Å². The molecule has 0 bridgehead atoms. The maximum absolute atomic E-state index is 8.81. The molecule has 0 amide bonds. The molecule has 2 unspecified atom stereocenters. The lowest BCUT2D eigenvalue weighted by atomic mass is 9.77. The molecule has 2 nitrogen and oxygen atoms in total. The van der Waals surface area contributed by atoms with E-state index in [1.807, 2.05) is 24.3 Å². The Labute approximate surface area is 120 Å². The summed E-state index contributed by atoms with van der Waals surface area (Å²) in [6, 6.07) is 19.0. The van der Waals surface area contributed by atoms with E-state index >= 15 is 0 Å². The topological polar surface area (TPSA) is 35.8 Å². The molecule has 0 saturated carbocycles. The van der Waals surface area contributed by atoms with Crippen molar-refractivity contribution in [3.63, 3.8) is 0 Å². The summed E-state index contributed by atoms with van der Waals surface area (Å²) in [4.78, 5) is 0. The van der Waals surface area contributed by atoms with Crippen LogP contribution in [0.1, 0.15) is 41.1 Å². The minimum Gasteiger partial charge on any atom is -0.310 e. The first-order valence-corrected chi connectivity index (χ1v) is 7.09. The van der Waals surface area contributed by atoms with Crippen molar-refractivity contribution in [3.8, 4) is 6.07 Å². The van der Waals surface area contributed by atoms with Gasteiger partial charge in [0.2, 0.25) is 0 Å². The van der Waals surface area contributed by atoms with Crippen LogP contribution in [0, 0.1) is 11.3 Å². The first-order valence-electron chi connectivity index (χ1n) is 7.09. The summed E-state index contributed by atoms with van der Waals surface area (Å²) >= 11 is 0. The third-order valence-corrected chi connectivity index (χ3v) is 4.17. The molecule has 2 heteroatoms. The molecule has 0 heterocycles. The third-order valence-electron chi connectivity index (χ3n) is 4.17. The van der Waals surface area contributed by atoms with E-state index in [0.717, 1.165) is 6.54 Å². The monoisotopic (exact) mass is 262 g/mol. The summed E-state index contributed by atoms with van der Waals surface area (Å²) in [7, 11) is 0. The number of nitrogens with zero attached hydrogens (tertiary/aromatic N) is 1. The number of benzene rings is 2. The Kier molecular flexibility index (Phi) is 3.54. The predicted molar refractivity (Wildman–Crippen MR) is 80.5 cm³/mol. The number of nitriles is 1. The molecule has 0 aromatic heterocycles. The molecule has 0 radical (unpaired) electrons. The van der Waals surface area contributed by atoms with Crippen molar-refractivity contribution >= 4 is 0 Å². The Bertz CT molecular complexity index is 637. The first-order chi connectivity index (χ1) is 9.78. The quantitative estimate of drug-likeness (QED) is 0.914. The molecule has 0 saturated heterocycles. The predicted octanol–water partition coefficient (Wildman–Crippen LogP) is 3.55. The Morgan fingerprint density at radius 3 is 2.65 bits per heavy atom. The van der Waals surface area contributed by atoms with Crippen LogP contribution in [0.5, 0.6) is 0 Å². The fourth-order valence-corrected chi connectivity index (χ4v) is 2.83. The second-order valence-electron chi connectivity index (χ2n) is 5.46. The average Bonchev–Trinajstić information content (AvgIpc) is 2.48. The molecule has 100 valence electrons. The van der Waals surface area contributed by atoms with Gasteiger partial charge in [0.15, 0.2) is 0 Å². The standard InChI is InChI=1S/C18H18N2/c1-13(15-8-6-14(11-19)7-9-15)20-12-17-10-16-4-2-3-5-18(16)17/h2-9,13,17,20H,10,12H2,1H3. The molecule has 1 N–H and O–H groups in total. The van der Waals surface area contributed by atoms with E-state index in [4.69, 9.17) is 5.26 Å². The third kappa shape index (κ3) is 2.45. The smallest absolute Gasteiger partial charge is 0.0991 e. The van der Waals surface area contributed by atoms with E-state index in [2.05, 4.69) is 42.6 Å². The largest absolute Gasteiger partial charge is 0.310 e. The highest BCUT2D eigenvalue weighted by Gasteiger charge is 2.25. The molecule has 1 aliphatic rings. The van der Waals surface area contributed by atoms with Crippen LogP contribution < -0.4 is 5.32 Å². The van der Waals surface area contributed by atoms with Gasteiger partial charge in [-0.1, -0.05) is 36.4 Å². The lowest BCUT2D eigenvalue weighted by Gasteiger charge is -2.31. The highest BCUT2D eigenvalue weighted by Crippen LogP contribution is 2.34. The van der Waals surface area contributed by atoms with Gasteiger partial charge in [0, 0.05) is 18.5 Å². The van der Waals surface area contributed by atoms with E-state index in [1.54, 1.807) is 0 Å². The molecule has 3 rings (SSSR count). The van der Waals surface area contributed by atoms with Crippen molar-refractivity contribution in [1.82, 2.24) is 5.32 Å². The second kappa shape index (κ2) is 5.48. The van der Waals surface area contributed by atoms with Gasteiger partial charge in [-0.15, -0.1) is 0 Å². The van der Waals surface area contributed by atoms with Crippen LogP contribution >= 0.6 is 0 Å². The van der Waals surface area contributed by atoms with Crippen molar-refractivity contribution in [3.05, 3.63) is 70.8 Å². The summed E-state index contributed by atoms with van der Waals surface area (Å²) in [5.74, 6) is 0.645. The van der Waals surface area contributed by atoms with Crippen LogP contribution in [0.25, 0.3) is 0 Å². The number of fused-ring (bicyclic) bond motifs is 1. The molecular formula is C18H18N2. The van der Waals surface area contributed by atoms with Gasteiger partial charge in [-0.3, -0.25) is 0 Å². The van der Waals surface area contributed by atoms with E-state index in [9.17, 15) is 0 Å². The number of hydrogen-bond donors (Lipinski definition) is 1. The van der Waals surface area contributed by atoms with Gasteiger partial charge in [0.05, 0.1) is 11.6 Å². The number of nitrogens with one attached hydrogen (secondary N) is 1. The maximum atomic E-state index is 8.81. The zero-order valence-corrected chi connectivity index (χ0v) is 11.6. The molecule has 2 atom stereocenters.